The monoisotopic (exact) mass is 542 g/mol. The van der Waals surface area contributed by atoms with E-state index < -0.39 is 5.78 Å². The van der Waals surface area contributed by atoms with Crippen LogP contribution in [-0.2, 0) is 14.3 Å². The molecule has 0 aliphatic heterocycles. The molecule has 0 fully saturated rings. The van der Waals surface area contributed by atoms with Crippen LogP contribution in [0.15, 0.2) is 36.8 Å². The minimum atomic E-state index is -0.395. The molecule has 0 N–H and O–H groups in total. The number of benzene rings is 2. The maximum atomic E-state index is 13.7. The summed E-state index contributed by atoms with van der Waals surface area (Å²) in [5, 5.41) is 0. The topological polar surface area (TPSA) is 97.4 Å². The molecule has 0 aromatic heterocycles. The zero-order chi connectivity index (χ0) is 30.4. The summed E-state index contributed by atoms with van der Waals surface area (Å²) in [6.45, 7) is 18.6. The van der Waals surface area contributed by atoms with E-state index in [1.807, 2.05) is 27.7 Å². The van der Waals surface area contributed by atoms with Gasteiger partial charge in [-0.1, -0.05) is 34.3 Å². The Morgan fingerprint density at radius 3 is 1.74 bits per heavy atom. The average Bonchev–Trinajstić information content (AvgIpc) is 2.94. The maximum Gasteiger partial charge on any atom is 0.279 e. The van der Waals surface area contributed by atoms with Crippen molar-refractivity contribution in [3.8, 4) is 17.2 Å². The highest BCUT2D eigenvalue weighted by Crippen LogP contribution is 2.43. The number of Topliss-reactive ketones (excluding diaryl/α,β-unsaturated/α-hetero) is 1. The highest BCUT2D eigenvalue weighted by atomic mass is 16.7. The molecular weight excluding hydrogens is 500 g/mol. The molecule has 0 saturated heterocycles. The van der Waals surface area contributed by atoms with Gasteiger partial charge >= 0.3 is 0 Å². The normalized spacial score (nSPS) is 11.0. The first-order valence-corrected chi connectivity index (χ1v) is 12.7. The molecule has 0 bridgehead atoms. The van der Waals surface area contributed by atoms with Crippen LogP contribution in [0.4, 0.5) is 0 Å². The van der Waals surface area contributed by atoms with Gasteiger partial charge in [-0.2, -0.15) is 0 Å². The maximum absolute atomic E-state index is 13.7. The Kier molecular flexibility index (Phi) is 15.0. The van der Waals surface area contributed by atoms with Crippen LogP contribution in [0.5, 0.6) is 17.2 Å². The van der Waals surface area contributed by atoms with E-state index in [0.717, 1.165) is 0 Å². The molecule has 0 amide bonds. The fourth-order valence-electron chi connectivity index (χ4n) is 3.69. The van der Waals surface area contributed by atoms with Crippen LogP contribution in [0, 0.1) is 6.92 Å². The van der Waals surface area contributed by atoms with Crippen LogP contribution in [-0.4, -0.2) is 45.8 Å². The Labute approximate surface area is 232 Å². The largest absolute Gasteiger partial charge is 0.497 e. The first-order valence-electron chi connectivity index (χ1n) is 12.7. The number of hydrogen-bond donors (Lipinski definition) is 0. The van der Waals surface area contributed by atoms with Gasteiger partial charge in [-0.15, -0.1) is 0 Å². The number of methoxy groups -OCH3 is 4. The van der Waals surface area contributed by atoms with Crippen molar-refractivity contribution in [1.29, 1.82) is 0 Å². The number of aryl methyl sites for hydroxylation is 1. The molecule has 0 radical (unpaired) electrons. The van der Waals surface area contributed by atoms with E-state index in [0.29, 0.717) is 16.9 Å². The first kappa shape index (κ1) is 34.9. The lowest BCUT2D eigenvalue weighted by Gasteiger charge is -2.26. The van der Waals surface area contributed by atoms with E-state index in [9.17, 15) is 14.4 Å². The van der Waals surface area contributed by atoms with E-state index in [4.69, 9.17) is 23.7 Å². The molecule has 0 spiro atoms. The van der Waals surface area contributed by atoms with Crippen molar-refractivity contribution in [2.75, 3.05) is 28.4 Å². The summed E-state index contributed by atoms with van der Waals surface area (Å²) in [6, 6.07) is 4.77. The van der Waals surface area contributed by atoms with Crippen LogP contribution >= 0.6 is 0 Å². The zero-order valence-electron chi connectivity index (χ0n) is 25.3. The highest BCUT2D eigenvalue weighted by molar-refractivity contribution is 6.31. The van der Waals surface area contributed by atoms with E-state index in [1.54, 1.807) is 32.1 Å². The summed E-state index contributed by atoms with van der Waals surface area (Å²) >= 11 is 0. The Morgan fingerprint density at radius 2 is 1.31 bits per heavy atom. The number of fused-ring (bicyclic) bond motifs is 2. The molecule has 2 aromatic rings. The van der Waals surface area contributed by atoms with E-state index in [2.05, 4.69) is 6.58 Å². The Balaban J connectivity index is 0.00000162. The van der Waals surface area contributed by atoms with Gasteiger partial charge < -0.3 is 28.5 Å². The Morgan fingerprint density at radius 1 is 0.795 bits per heavy atom. The molecule has 39 heavy (non-hydrogen) atoms. The molecule has 3 rings (SSSR count). The van der Waals surface area contributed by atoms with Gasteiger partial charge in [-0.05, 0) is 51.5 Å². The zero-order valence-corrected chi connectivity index (χ0v) is 25.3. The lowest BCUT2D eigenvalue weighted by Crippen LogP contribution is -2.25. The predicted molar refractivity (Wildman–Crippen MR) is 154 cm³/mol. The Hall–Kier alpha value is -4.07. The third kappa shape index (κ3) is 7.96. The van der Waals surface area contributed by atoms with Crippen LogP contribution < -0.4 is 14.2 Å². The average molecular weight is 543 g/mol. The minimum absolute atomic E-state index is 0.133. The van der Waals surface area contributed by atoms with Gasteiger partial charge in [0.25, 0.3) is 5.95 Å². The van der Waals surface area contributed by atoms with Crippen molar-refractivity contribution in [1.82, 2.24) is 0 Å². The summed E-state index contributed by atoms with van der Waals surface area (Å²) in [6.07, 6.45) is 1.62. The fourth-order valence-corrected chi connectivity index (χ4v) is 3.69. The molecule has 2 aromatic carbocycles. The molecule has 8 heteroatoms. The van der Waals surface area contributed by atoms with Crippen molar-refractivity contribution in [2.24, 2.45) is 0 Å². The van der Waals surface area contributed by atoms with E-state index in [-0.39, 0.29) is 57.0 Å². The third-order valence-electron chi connectivity index (χ3n) is 5.10. The number of carbonyl (C=O) groups is 3. The van der Waals surface area contributed by atoms with Gasteiger partial charge in [0.15, 0.2) is 5.78 Å². The van der Waals surface area contributed by atoms with Crippen molar-refractivity contribution < 1.29 is 38.1 Å². The molecule has 0 heterocycles. The fraction of sp³-hybridized carbons (Fsp3) is 0.387. The van der Waals surface area contributed by atoms with Crippen molar-refractivity contribution in [2.45, 2.75) is 55.4 Å². The van der Waals surface area contributed by atoms with E-state index >= 15 is 0 Å². The molecular formula is C31H42O8. The van der Waals surface area contributed by atoms with Crippen LogP contribution in [0.1, 0.15) is 91.4 Å². The van der Waals surface area contributed by atoms with Crippen molar-refractivity contribution in [3.05, 3.63) is 70.2 Å². The second kappa shape index (κ2) is 16.7. The van der Waals surface area contributed by atoms with Crippen LogP contribution in [0.25, 0.3) is 5.76 Å². The molecule has 1 aliphatic rings. The summed E-state index contributed by atoms with van der Waals surface area (Å²) in [5.41, 5.74) is 1.68. The van der Waals surface area contributed by atoms with Gasteiger partial charge in [0.1, 0.15) is 28.8 Å². The summed E-state index contributed by atoms with van der Waals surface area (Å²) in [4.78, 5) is 36.7. The van der Waals surface area contributed by atoms with Gasteiger partial charge in [0.05, 0.1) is 39.6 Å². The highest BCUT2D eigenvalue weighted by Gasteiger charge is 2.38. The van der Waals surface area contributed by atoms with Gasteiger partial charge in [0.2, 0.25) is 5.78 Å². The summed E-state index contributed by atoms with van der Waals surface area (Å²) in [7, 11) is 5.81. The number of ketones is 3. The van der Waals surface area contributed by atoms with Crippen LogP contribution in [0.2, 0.25) is 0 Å². The van der Waals surface area contributed by atoms with Crippen molar-refractivity contribution >= 4 is 23.1 Å². The number of ether oxygens (including phenoxy) is 5. The SMILES string of the molecule is C=C(O/C(=C\C)OC)c1c(C)cc(OC)c2c1C(=O)c1cc(OC)cc(OC)c1C2=O.CC.CC.CC(C)=O. The molecule has 0 saturated carbocycles. The van der Waals surface area contributed by atoms with Gasteiger partial charge in [-0.25, -0.2) is 0 Å². The third-order valence-corrected chi connectivity index (χ3v) is 5.10. The second-order valence-electron chi connectivity index (χ2n) is 7.68. The van der Waals surface area contributed by atoms with Crippen molar-refractivity contribution in [3.63, 3.8) is 0 Å². The summed E-state index contributed by atoms with van der Waals surface area (Å²) in [5.74, 6) is 0.693. The molecule has 1 aliphatic carbocycles. The molecule has 8 nitrogen and oxygen atoms in total. The minimum Gasteiger partial charge on any atom is -0.497 e. The second-order valence-corrected chi connectivity index (χ2v) is 7.68. The Bertz CT molecular complexity index is 1220. The standard InChI is InChI=1S/C24H24O7.C3H6O.2C2H6/c1-8-18(30-7)31-13(3)19-12(2)9-16(28-5)21-22(19)23(25)15-10-14(27-4)11-17(29-6)20(15)24(21)26;1-3(2)4;2*1-2/h8-11H,3H2,1-2,4-7H3;1-2H3;2*1-2H3/b18-8-;;;. The smallest absolute Gasteiger partial charge is 0.279 e. The van der Waals surface area contributed by atoms with Crippen LogP contribution in [0.3, 0.4) is 0 Å². The lowest BCUT2D eigenvalue weighted by molar-refractivity contribution is -0.115. The van der Waals surface area contributed by atoms with Gasteiger partial charge in [-0.3, -0.25) is 9.59 Å². The molecule has 0 atom stereocenters. The molecule has 214 valence electrons. The lowest BCUT2D eigenvalue weighted by atomic mass is 9.79. The number of carbonyl (C=O) groups excluding carboxylic acids is 3. The summed E-state index contributed by atoms with van der Waals surface area (Å²) < 4.78 is 27.0. The van der Waals surface area contributed by atoms with E-state index in [1.165, 1.54) is 48.4 Å². The predicted octanol–water partition coefficient (Wildman–Crippen LogP) is 6.94. The number of rotatable bonds is 7. The van der Waals surface area contributed by atoms with Gasteiger partial charge in [0, 0.05) is 22.8 Å². The quantitative estimate of drug-likeness (QED) is 0.296. The first-order chi connectivity index (χ1) is 18.6. The molecule has 0 unspecified atom stereocenters. The number of hydrogen-bond acceptors (Lipinski definition) is 8. The number of allylic oxidation sites excluding steroid dienone is 1.